The van der Waals surface area contributed by atoms with E-state index in [2.05, 4.69) is 24.1 Å². The highest BCUT2D eigenvalue weighted by Gasteiger charge is 2.16. The highest BCUT2D eigenvalue weighted by atomic mass is 16.3. The van der Waals surface area contributed by atoms with Crippen LogP contribution in [-0.2, 0) is 13.6 Å². The molecule has 4 nitrogen and oxygen atoms in total. The van der Waals surface area contributed by atoms with E-state index in [1.807, 2.05) is 17.8 Å². The molecule has 0 saturated carbocycles. The van der Waals surface area contributed by atoms with Crippen molar-refractivity contribution in [2.45, 2.75) is 32.4 Å². The normalized spacial score (nSPS) is 12.0. The van der Waals surface area contributed by atoms with Gasteiger partial charge >= 0.3 is 0 Å². The molecule has 0 atom stereocenters. The summed E-state index contributed by atoms with van der Waals surface area (Å²) < 4.78 is 1.99. The smallest absolute Gasteiger partial charge is 0.0945 e. The molecule has 0 aliphatic carbocycles. The summed E-state index contributed by atoms with van der Waals surface area (Å²) in [6, 6.07) is 0. The Morgan fingerprint density at radius 2 is 2.29 bits per heavy atom. The first kappa shape index (κ1) is 11.2. The van der Waals surface area contributed by atoms with E-state index in [1.54, 1.807) is 6.33 Å². The van der Waals surface area contributed by atoms with E-state index in [0.29, 0.717) is 0 Å². The van der Waals surface area contributed by atoms with Gasteiger partial charge in [0.15, 0.2) is 0 Å². The number of hydrogen-bond donors (Lipinski definition) is 2. The lowest BCUT2D eigenvalue weighted by Crippen LogP contribution is -2.39. The van der Waals surface area contributed by atoms with Gasteiger partial charge in [-0.1, -0.05) is 0 Å². The quantitative estimate of drug-likeness (QED) is 0.729. The van der Waals surface area contributed by atoms with E-state index in [9.17, 15) is 0 Å². The average Bonchev–Trinajstić information content (AvgIpc) is 2.48. The maximum absolute atomic E-state index is 8.86. The molecule has 1 rings (SSSR count). The molecule has 0 saturated heterocycles. The molecule has 0 unspecified atom stereocenters. The van der Waals surface area contributed by atoms with Crippen molar-refractivity contribution < 1.29 is 5.11 Å². The van der Waals surface area contributed by atoms with Crippen molar-refractivity contribution >= 4 is 0 Å². The van der Waals surface area contributed by atoms with Gasteiger partial charge in [-0.25, -0.2) is 4.98 Å². The topological polar surface area (TPSA) is 50.1 Å². The van der Waals surface area contributed by atoms with Crippen LogP contribution in [0, 0.1) is 0 Å². The van der Waals surface area contributed by atoms with Gasteiger partial charge in [-0.05, 0) is 20.3 Å². The van der Waals surface area contributed by atoms with Gasteiger partial charge in [0.25, 0.3) is 0 Å². The van der Waals surface area contributed by atoms with E-state index in [4.69, 9.17) is 5.11 Å². The highest BCUT2D eigenvalue weighted by molar-refractivity contribution is 4.98. The molecule has 1 aromatic heterocycles. The van der Waals surface area contributed by atoms with Gasteiger partial charge in [-0.15, -0.1) is 0 Å². The Labute approximate surface area is 85.0 Å². The van der Waals surface area contributed by atoms with Crippen molar-refractivity contribution in [1.82, 2.24) is 14.9 Å². The molecular weight excluding hydrogens is 178 g/mol. The number of nitrogens with zero attached hydrogens (tertiary/aromatic N) is 2. The third-order valence-electron chi connectivity index (χ3n) is 2.40. The Morgan fingerprint density at radius 3 is 2.79 bits per heavy atom. The zero-order chi connectivity index (χ0) is 10.6. The van der Waals surface area contributed by atoms with E-state index in [0.717, 1.165) is 18.7 Å². The van der Waals surface area contributed by atoms with Gasteiger partial charge in [0.05, 0.1) is 12.0 Å². The van der Waals surface area contributed by atoms with Crippen LogP contribution in [0.5, 0.6) is 0 Å². The minimum absolute atomic E-state index is 0.0288. The van der Waals surface area contributed by atoms with Crippen molar-refractivity contribution in [2.75, 3.05) is 6.61 Å². The van der Waals surface area contributed by atoms with Gasteiger partial charge in [-0.3, -0.25) is 0 Å². The van der Waals surface area contributed by atoms with Crippen LogP contribution in [0.1, 0.15) is 26.0 Å². The largest absolute Gasteiger partial charge is 0.396 e. The highest BCUT2D eigenvalue weighted by Crippen LogP contribution is 2.08. The number of rotatable bonds is 5. The summed E-state index contributed by atoms with van der Waals surface area (Å²) in [7, 11) is 1.98. The van der Waals surface area contributed by atoms with Gasteiger partial charge in [0.1, 0.15) is 0 Å². The molecule has 14 heavy (non-hydrogen) atoms. The lowest BCUT2D eigenvalue weighted by molar-refractivity contribution is 0.229. The number of aliphatic hydroxyl groups is 1. The zero-order valence-corrected chi connectivity index (χ0v) is 9.12. The van der Waals surface area contributed by atoms with Crippen LogP contribution in [0.3, 0.4) is 0 Å². The Hall–Kier alpha value is -0.870. The van der Waals surface area contributed by atoms with Crippen molar-refractivity contribution in [3.63, 3.8) is 0 Å². The van der Waals surface area contributed by atoms with Crippen LogP contribution in [0.25, 0.3) is 0 Å². The SMILES string of the molecule is Cn1cncc1CNC(C)(C)CCO. The minimum atomic E-state index is -0.0288. The summed E-state index contributed by atoms with van der Waals surface area (Å²) in [4.78, 5) is 4.04. The molecule has 80 valence electrons. The molecular formula is C10H19N3O. The number of aliphatic hydroxyl groups excluding tert-OH is 1. The molecule has 4 heteroatoms. The van der Waals surface area contributed by atoms with Gasteiger partial charge in [0.2, 0.25) is 0 Å². The fraction of sp³-hybridized carbons (Fsp3) is 0.700. The molecule has 0 spiro atoms. The fourth-order valence-electron chi connectivity index (χ4n) is 1.25. The second-order valence-electron chi connectivity index (χ2n) is 4.21. The van der Waals surface area contributed by atoms with Crippen molar-refractivity contribution in [1.29, 1.82) is 0 Å². The van der Waals surface area contributed by atoms with Crippen LogP contribution in [0.4, 0.5) is 0 Å². The minimum Gasteiger partial charge on any atom is -0.396 e. The molecule has 0 fully saturated rings. The summed E-state index contributed by atoms with van der Waals surface area (Å²) in [5, 5.41) is 12.2. The van der Waals surface area contributed by atoms with Gasteiger partial charge in [-0.2, -0.15) is 0 Å². The Kier molecular flexibility index (Phi) is 3.66. The van der Waals surface area contributed by atoms with Crippen LogP contribution < -0.4 is 5.32 Å². The average molecular weight is 197 g/mol. The summed E-state index contributed by atoms with van der Waals surface area (Å²) in [6.07, 6.45) is 4.39. The second kappa shape index (κ2) is 4.57. The lowest BCUT2D eigenvalue weighted by atomic mass is 10.0. The summed E-state index contributed by atoms with van der Waals surface area (Å²) >= 11 is 0. The second-order valence-corrected chi connectivity index (χ2v) is 4.21. The molecule has 0 bridgehead atoms. The number of aromatic nitrogens is 2. The van der Waals surface area contributed by atoms with Crippen LogP contribution in [0.2, 0.25) is 0 Å². The number of hydrogen-bond acceptors (Lipinski definition) is 3. The Bertz CT molecular complexity index is 281. The van der Waals surface area contributed by atoms with Gasteiger partial charge in [0, 0.05) is 31.9 Å². The van der Waals surface area contributed by atoms with Crippen molar-refractivity contribution in [3.8, 4) is 0 Å². The third kappa shape index (κ3) is 3.12. The molecule has 0 radical (unpaired) electrons. The summed E-state index contributed by atoms with van der Waals surface area (Å²) in [6.45, 7) is 5.16. The molecule has 1 aromatic rings. The number of imidazole rings is 1. The third-order valence-corrected chi connectivity index (χ3v) is 2.40. The van der Waals surface area contributed by atoms with Gasteiger partial charge < -0.3 is 15.0 Å². The van der Waals surface area contributed by atoms with E-state index < -0.39 is 0 Å². The summed E-state index contributed by atoms with van der Waals surface area (Å²) in [5.74, 6) is 0. The maximum atomic E-state index is 8.86. The first-order valence-electron chi connectivity index (χ1n) is 4.86. The maximum Gasteiger partial charge on any atom is 0.0945 e. The van der Waals surface area contributed by atoms with E-state index in [-0.39, 0.29) is 12.1 Å². The fourth-order valence-corrected chi connectivity index (χ4v) is 1.25. The Balaban J connectivity index is 2.44. The van der Waals surface area contributed by atoms with Crippen LogP contribution in [0.15, 0.2) is 12.5 Å². The number of nitrogens with one attached hydrogen (secondary N) is 1. The molecule has 2 N–H and O–H groups in total. The van der Waals surface area contributed by atoms with Crippen molar-refractivity contribution in [2.24, 2.45) is 7.05 Å². The molecule has 0 aliphatic rings. The molecule has 0 aliphatic heterocycles. The first-order valence-corrected chi connectivity index (χ1v) is 4.86. The van der Waals surface area contributed by atoms with Crippen molar-refractivity contribution in [3.05, 3.63) is 18.2 Å². The molecule has 1 heterocycles. The van der Waals surface area contributed by atoms with Crippen LogP contribution >= 0.6 is 0 Å². The predicted octanol–water partition coefficient (Wildman–Crippen LogP) is 0.671. The zero-order valence-electron chi connectivity index (χ0n) is 9.12. The van der Waals surface area contributed by atoms with Crippen LogP contribution in [-0.4, -0.2) is 26.8 Å². The lowest BCUT2D eigenvalue weighted by Gasteiger charge is -2.25. The Morgan fingerprint density at radius 1 is 1.57 bits per heavy atom. The first-order chi connectivity index (χ1) is 6.55. The molecule has 0 aromatic carbocycles. The van der Waals surface area contributed by atoms with E-state index in [1.165, 1.54) is 0 Å². The standard InChI is InChI=1S/C10H19N3O/c1-10(2,4-5-14)12-7-9-6-11-8-13(9)3/h6,8,12,14H,4-5,7H2,1-3H3. The molecule has 0 amide bonds. The monoisotopic (exact) mass is 197 g/mol. The number of aryl methyl sites for hydroxylation is 1. The van der Waals surface area contributed by atoms with E-state index >= 15 is 0 Å². The summed E-state index contributed by atoms with van der Waals surface area (Å²) in [5.41, 5.74) is 1.12. The predicted molar refractivity (Wildman–Crippen MR) is 55.8 cm³/mol.